The molecule has 1 aromatic rings. The molecule has 19 heavy (non-hydrogen) atoms. The van der Waals surface area contributed by atoms with E-state index < -0.39 is 0 Å². The minimum absolute atomic E-state index is 0.0957. The molecule has 0 saturated heterocycles. The summed E-state index contributed by atoms with van der Waals surface area (Å²) in [7, 11) is 0. The topological polar surface area (TPSA) is 29.1 Å². The monoisotopic (exact) mass is 299 g/mol. The molecular weight excluding hydrogens is 281 g/mol. The Morgan fingerprint density at radius 3 is 2.89 bits per heavy atom. The van der Waals surface area contributed by atoms with Gasteiger partial charge < -0.3 is 5.32 Å². The molecule has 1 aliphatic carbocycles. The summed E-state index contributed by atoms with van der Waals surface area (Å²) >= 11 is 12.2. The first-order valence-corrected chi connectivity index (χ1v) is 7.56. The highest BCUT2D eigenvalue weighted by Crippen LogP contribution is 2.27. The Hall–Kier alpha value is -0.730. The lowest BCUT2D eigenvalue weighted by Crippen LogP contribution is -2.32. The molecular formula is C15H19Cl2NO. The molecule has 0 spiro atoms. The van der Waals surface area contributed by atoms with Gasteiger partial charge in [-0.2, -0.15) is 0 Å². The zero-order valence-electron chi connectivity index (χ0n) is 11.1. The van der Waals surface area contributed by atoms with E-state index in [0.717, 1.165) is 31.2 Å². The van der Waals surface area contributed by atoms with Gasteiger partial charge in [0.1, 0.15) is 0 Å². The largest absolute Gasteiger partial charge is 0.352 e. The van der Waals surface area contributed by atoms with E-state index in [9.17, 15) is 4.79 Å². The third kappa shape index (κ3) is 4.12. The quantitative estimate of drug-likeness (QED) is 0.834. The lowest BCUT2D eigenvalue weighted by atomic mass is 9.89. The van der Waals surface area contributed by atoms with E-state index in [1.54, 1.807) is 6.07 Å². The van der Waals surface area contributed by atoms with Crippen molar-refractivity contribution in [3.63, 3.8) is 0 Å². The van der Waals surface area contributed by atoms with Gasteiger partial charge in [0.2, 0.25) is 0 Å². The Balaban J connectivity index is 1.90. The van der Waals surface area contributed by atoms with Gasteiger partial charge in [-0.3, -0.25) is 4.79 Å². The summed E-state index contributed by atoms with van der Waals surface area (Å²) in [5, 5.41) is 3.74. The minimum atomic E-state index is -0.0957. The molecule has 2 rings (SSSR count). The first kappa shape index (κ1) is 14.7. The fraction of sp³-hybridized carbons (Fsp3) is 0.533. The zero-order valence-corrected chi connectivity index (χ0v) is 12.6. The van der Waals surface area contributed by atoms with Crippen molar-refractivity contribution in [2.24, 2.45) is 5.92 Å². The van der Waals surface area contributed by atoms with Crippen LogP contribution in [0.25, 0.3) is 0 Å². The van der Waals surface area contributed by atoms with Crippen molar-refractivity contribution < 1.29 is 4.79 Å². The number of aryl methyl sites for hydroxylation is 1. The molecule has 0 bridgehead atoms. The van der Waals surface area contributed by atoms with E-state index in [4.69, 9.17) is 23.2 Å². The van der Waals surface area contributed by atoms with Crippen molar-refractivity contribution in [3.8, 4) is 0 Å². The Labute approximate surface area is 124 Å². The fourth-order valence-corrected chi connectivity index (χ4v) is 3.27. The molecule has 4 heteroatoms. The molecule has 0 aliphatic heterocycles. The van der Waals surface area contributed by atoms with Crippen LogP contribution < -0.4 is 5.32 Å². The zero-order chi connectivity index (χ0) is 13.8. The van der Waals surface area contributed by atoms with Crippen molar-refractivity contribution >= 4 is 29.1 Å². The lowest BCUT2D eigenvalue weighted by molar-refractivity contribution is 0.0944. The Bertz CT molecular complexity index is 461. The van der Waals surface area contributed by atoms with Crippen LogP contribution in [0.3, 0.4) is 0 Å². The van der Waals surface area contributed by atoms with E-state index in [-0.39, 0.29) is 11.3 Å². The number of nitrogens with one attached hydrogen (secondary N) is 1. The van der Waals surface area contributed by atoms with Crippen LogP contribution in [0.2, 0.25) is 5.02 Å². The fourth-order valence-electron chi connectivity index (χ4n) is 2.55. The molecule has 1 fully saturated rings. The average molecular weight is 300 g/mol. The first-order chi connectivity index (χ1) is 9.06. The second-order valence-corrected chi connectivity index (χ2v) is 6.35. The van der Waals surface area contributed by atoms with Gasteiger partial charge in [-0.1, -0.05) is 24.1 Å². The third-order valence-corrected chi connectivity index (χ3v) is 4.35. The lowest BCUT2D eigenvalue weighted by Gasteiger charge is -2.25. The van der Waals surface area contributed by atoms with Gasteiger partial charge in [0.25, 0.3) is 5.91 Å². The van der Waals surface area contributed by atoms with Crippen LogP contribution in [0.5, 0.6) is 0 Å². The van der Waals surface area contributed by atoms with Crippen LogP contribution in [-0.4, -0.2) is 17.8 Å². The van der Waals surface area contributed by atoms with Crippen LogP contribution in [0.4, 0.5) is 0 Å². The number of rotatable bonds is 3. The van der Waals surface area contributed by atoms with Gasteiger partial charge in [0.15, 0.2) is 0 Å². The number of hydrogen-bond acceptors (Lipinski definition) is 1. The summed E-state index contributed by atoms with van der Waals surface area (Å²) in [5.74, 6) is 0.395. The number of halogens is 2. The molecule has 1 amide bonds. The van der Waals surface area contributed by atoms with Gasteiger partial charge in [-0.15, -0.1) is 11.6 Å². The summed E-state index contributed by atoms with van der Waals surface area (Å²) in [6.07, 6.45) is 4.38. The van der Waals surface area contributed by atoms with Crippen molar-refractivity contribution in [2.45, 2.75) is 38.0 Å². The molecule has 2 atom stereocenters. The van der Waals surface area contributed by atoms with E-state index in [1.165, 1.54) is 0 Å². The van der Waals surface area contributed by atoms with Crippen LogP contribution in [0.15, 0.2) is 18.2 Å². The Morgan fingerprint density at radius 2 is 2.21 bits per heavy atom. The number of benzene rings is 1. The molecule has 0 heterocycles. The standard InChI is InChI=1S/C15H19Cl2NO/c1-10-5-6-13(14(17)7-10)15(19)18-9-11-3-2-4-12(16)8-11/h5-7,11-12H,2-4,8-9H2,1H3,(H,18,19). The molecule has 104 valence electrons. The molecule has 1 aromatic carbocycles. The van der Waals surface area contributed by atoms with E-state index in [0.29, 0.717) is 23.0 Å². The summed E-state index contributed by atoms with van der Waals surface area (Å²) in [4.78, 5) is 12.1. The molecule has 2 unspecified atom stereocenters. The first-order valence-electron chi connectivity index (χ1n) is 6.74. The second-order valence-electron chi connectivity index (χ2n) is 5.32. The van der Waals surface area contributed by atoms with Crippen LogP contribution >= 0.6 is 23.2 Å². The maximum atomic E-state index is 12.1. The molecule has 0 radical (unpaired) electrons. The summed E-state index contributed by atoms with van der Waals surface area (Å²) in [5.41, 5.74) is 1.60. The van der Waals surface area contributed by atoms with E-state index in [2.05, 4.69) is 5.32 Å². The molecule has 2 nitrogen and oxygen atoms in total. The molecule has 1 N–H and O–H groups in total. The number of amides is 1. The maximum Gasteiger partial charge on any atom is 0.252 e. The Kier molecular flexibility index (Phi) is 5.12. The summed E-state index contributed by atoms with van der Waals surface area (Å²) in [6, 6.07) is 5.49. The van der Waals surface area contributed by atoms with Crippen LogP contribution in [-0.2, 0) is 0 Å². The minimum Gasteiger partial charge on any atom is -0.352 e. The average Bonchev–Trinajstić information content (AvgIpc) is 2.36. The summed E-state index contributed by atoms with van der Waals surface area (Å²) < 4.78 is 0. The van der Waals surface area contributed by atoms with Gasteiger partial charge in [-0.05, 0) is 49.8 Å². The SMILES string of the molecule is Cc1ccc(C(=O)NCC2CCCC(Cl)C2)c(Cl)c1. The highest BCUT2D eigenvalue weighted by molar-refractivity contribution is 6.33. The second kappa shape index (κ2) is 6.62. The normalized spacial score (nSPS) is 23.1. The molecule has 0 aromatic heterocycles. The molecule has 1 saturated carbocycles. The number of carbonyl (C=O) groups is 1. The van der Waals surface area contributed by atoms with Gasteiger partial charge in [0, 0.05) is 11.9 Å². The molecule has 1 aliphatic rings. The number of carbonyl (C=O) groups excluding carboxylic acids is 1. The van der Waals surface area contributed by atoms with Crippen molar-refractivity contribution in [2.75, 3.05) is 6.54 Å². The van der Waals surface area contributed by atoms with Crippen LogP contribution in [0, 0.1) is 12.8 Å². The predicted octanol–water partition coefficient (Wildman–Crippen LogP) is 4.18. The Morgan fingerprint density at radius 1 is 1.42 bits per heavy atom. The van der Waals surface area contributed by atoms with Crippen molar-refractivity contribution in [3.05, 3.63) is 34.3 Å². The maximum absolute atomic E-state index is 12.1. The predicted molar refractivity (Wildman–Crippen MR) is 80.1 cm³/mol. The van der Waals surface area contributed by atoms with Crippen molar-refractivity contribution in [1.82, 2.24) is 5.32 Å². The van der Waals surface area contributed by atoms with Gasteiger partial charge in [0.05, 0.1) is 10.6 Å². The smallest absolute Gasteiger partial charge is 0.252 e. The van der Waals surface area contributed by atoms with Gasteiger partial charge >= 0.3 is 0 Å². The van der Waals surface area contributed by atoms with E-state index in [1.807, 2.05) is 19.1 Å². The summed E-state index contributed by atoms with van der Waals surface area (Å²) in [6.45, 7) is 2.64. The van der Waals surface area contributed by atoms with Gasteiger partial charge in [-0.25, -0.2) is 0 Å². The van der Waals surface area contributed by atoms with Crippen LogP contribution in [0.1, 0.15) is 41.6 Å². The number of alkyl halides is 1. The number of hydrogen-bond donors (Lipinski definition) is 1. The highest BCUT2D eigenvalue weighted by Gasteiger charge is 2.21. The third-order valence-electron chi connectivity index (χ3n) is 3.64. The highest BCUT2D eigenvalue weighted by atomic mass is 35.5. The van der Waals surface area contributed by atoms with E-state index >= 15 is 0 Å². The van der Waals surface area contributed by atoms with Crippen molar-refractivity contribution in [1.29, 1.82) is 0 Å².